The average Bonchev–Trinajstić information content (AvgIpc) is 2.69. The maximum atomic E-state index is 13.7. The number of aryl methyl sites for hydroxylation is 1. The van der Waals surface area contributed by atoms with E-state index in [2.05, 4.69) is 10.4 Å². The number of halogens is 2. The zero-order valence-corrected chi connectivity index (χ0v) is 12.0. The smallest absolute Gasteiger partial charge is 0.239 e. The number of aromatic nitrogens is 2. The molecule has 0 spiro atoms. The SMILES string of the molecule is Cc1nn(Cc2ccccc2F)c(C)c1NC(=O)CCl. The van der Waals surface area contributed by atoms with Crippen molar-refractivity contribution in [2.45, 2.75) is 20.4 Å². The Hall–Kier alpha value is -1.88. The van der Waals surface area contributed by atoms with Gasteiger partial charge in [-0.15, -0.1) is 11.6 Å². The lowest BCUT2D eigenvalue weighted by Crippen LogP contribution is -2.14. The van der Waals surface area contributed by atoms with Gasteiger partial charge in [-0.1, -0.05) is 18.2 Å². The van der Waals surface area contributed by atoms with E-state index in [1.165, 1.54) is 6.07 Å². The third kappa shape index (κ3) is 2.99. The van der Waals surface area contributed by atoms with E-state index in [1.807, 2.05) is 6.92 Å². The first-order valence-corrected chi connectivity index (χ1v) is 6.69. The Morgan fingerprint density at radius 1 is 1.40 bits per heavy atom. The zero-order valence-electron chi connectivity index (χ0n) is 11.3. The Kier molecular flexibility index (Phi) is 4.39. The molecule has 1 heterocycles. The summed E-state index contributed by atoms with van der Waals surface area (Å²) in [6, 6.07) is 6.55. The standard InChI is InChI=1S/C14H15ClFN3O/c1-9-14(17-13(20)7-15)10(2)19(18-9)8-11-5-3-4-6-12(11)16/h3-6H,7-8H2,1-2H3,(H,17,20). The summed E-state index contributed by atoms with van der Waals surface area (Å²) in [5, 5.41) is 7.03. The number of carbonyl (C=O) groups excluding carboxylic acids is 1. The second kappa shape index (κ2) is 6.05. The van der Waals surface area contributed by atoms with E-state index in [0.29, 0.717) is 23.5 Å². The average molecular weight is 296 g/mol. The Bertz CT molecular complexity index is 639. The lowest BCUT2D eigenvalue weighted by atomic mass is 10.2. The highest BCUT2D eigenvalue weighted by atomic mass is 35.5. The van der Waals surface area contributed by atoms with E-state index < -0.39 is 0 Å². The number of alkyl halides is 1. The Morgan fingerprint density at radius 2 is 2.10 bits per heavy atom. The number of anilines is 1. The molecule has 1 aromatic carbocycles. The molecular weight excluding hydrogens is 281 g/mol. The van der Waals surface area contributed by atoms with Crippen molar-refractivity contribution in [3.8, 4) is 0 Å². The topological polar surface area (TPSA) is 46.9 Å². The molecule has 1 N–H and O–H groups in total. The highest BCUT2D eigenvalue weighted by Gasteiger charge is 2.14. The predicted molar refractivity (Wildman–Crippen MR) is 76.6 cm³/mol. The van der Waals surface area contributed by atoms with E-state index in [1.54, 1.807) is 29.8 Å². The lowest BCUT2D eigenvalue weighted by Gasteiger charge is -2.07. The second-order valence-electron chi connectivity index (χ2n) is 4.48. The number of hydrogen-bond donors (Lipinski definition) is 1. The van der Waals surface area contributed by atoms with E-state index in [0.717, 1.165) is 5.69 Å². The number of nitrogens with zero attached hydrogens (tertiary/aromatic N) is 2. The molecule has 20 heavy (non-hydrogen) atoms. The van der Waals surface area contributed by atoms with Crippen LogP contribution in [0, 0.1) is 19.7 Å². The number of hydrogen-bond acceptors (Lipinski definition) is 2. The molecule has 0 aliphatic carbocycles. The minimum atomic E-state index is -0.289. The summed E-state index contributed by atoms with van der Waals surface area (Å²) >= 11 is 5.48. The quantitative estimate of drug-likeness (QED) is 0.882. The number of rotatable bonds is 4. The molecule has 0 unspecified atom stereocenters. The van der Waals surface area contributed by atoms with Crippen LogP contribution in [0.3, 0.4) is 0 Å². The van der Waals surface area contributed by atoms with Crippen molar-refractivity contribution in [3.05, 3.63) is 47.0 Å². The molecule has 106 valence electrons. The van der Waals surface area contributed by atoms with Crippen molar-refractivity contribution in [1.82, 2.24) is 9.78 Å². The van der Waals surface area contributed by atoms with Crippen LogP contribution in [0.15, 0.2) is 24.3 Å². The number of amides is 1. The summed E-state index contributed by atoms with van der Waals surface area (Å²) in [7, 11) is 0. The van der Waals surface area contributed by atoms with E-state index in [4.69, 9.17) is 11.6 Å². The summed E-state index contributed by atoms with van der Waals surface area (Å²) in [4.78, 5) is 11.4. The Balaban J connectivity index is 2.28. The van der Waals surface area contributed by atoms with Gasteiger partial charge in [0.25, 0.3) is 0 Å². The molecule has 0 saturated carbocycles. The van der Waals surface area contributed by atoms with Gasteiger partial charge in [-0.25, -0.2) is 4.39 Å². The molecule has 1 aromatic heterocycles. The molecule has 0 aliphatic rings. The van der Waals surface area contributed by atoms with Gasteiger partial charge >= 0.3 is 0 Å². The molecule has 6 heteroatoms. The summed E-state index contributed by atoms with van der Waals surface area (Å²) in [5.74, 6) is -0.674. The molecular formula is C14H15ClFN3O. The van der Waals surface area contributed by atoms with E-state index >= 15 is 0 Å². The summed E-state index contributed by atoms with van der Waals surface area (Å²) in [6.45, 7) is 3.93. The van der Waals surface area contributed by atoms with Crippen molar-refractivity contribution in [1.29, 1.82) is 0 Å². The van der Waals surface area contributed by atoms with Gasteiger partial charge in [-0.05, 0) is 19.9 Å². The normalized spacial score (nSPS) is 10.6. The highest BCUT2D eigenvalue weighted by Crippen LogP contribution is 2.21. The van der Waals surface area contributed by atoms with Crippen LogP contribution in [0.5, 0.6) is 0 Å². The molecule has 4 nitrogen and oxygen atoms in total. The van der Waals surface area contributed by atoms with Gasteiger partial charge in [0.05, 0.1) is 23.6 Å². The van der Waals surface area contributed by atoms with Crippen LogP contribution >= 0.6 is 11.6 Å². The summed E-state index contributed by atoms with van der Waals surface area (Å²) in [5.41, 5.74) is 2.63. The number of carbonyl (C=O) groups is 1. The first-order valence-electron chi connectivity index (χ1n) is 6.16. The van der Waals surface area contributed by atoms with Gasteiger partial charge in [-0.2, -0.15) is 5.10 Å². The van der Waals surface area contributed by atoms with Crippen LogP contribution < -0.4 is 5.32 Å². The van der Waals surface area contributed by atoms with Crippen LogP contribution in [0.2, 0.25) is 0 Å². The molecule has 2 aromatic rings. The molecule has 0 saturated heterocycles. The number of nitrogens with one attached hydrogen (secondary N) is 1. The van der Waals surface area contributed by atoms with Crippen molar-refractivity contribution < 1.29 is 9.18 Å². The monoisotopic (exact) mass is 295 g/mol. The minimum Gasteiger partial charge on any atom is -0.322 e. The first kappa shape index (κ1) is 14.5. The maximum absolute atomic E-state index is 13.7. The lowest BCUT2D eigenvalue weighted by molar-refractivity contribution is -0.113. The van der Waals surface area contributed by atoms with Gasteiger partial charge < -0.3 is 5.32 Å². The number of benzene rings is 1. The summed E-state index contributed by atoms with van der Waals surface area (Å²) in [6.07, 6.45) is 0. The molecule has 2 rings (SSSR count). The van der Waals surface area contributed by atoms with E-state index in [9.17, 15) is 9.18 Å². The van der Waals surface area contributed by atoms with Gasteiger partial charge in [0.15, 0.2) is 0 Å². The Labute approximate surface area is 121 Å². The highest BCUT2D eigenvalue weighted by molar-refractivity contribution is 6.29. The Morgan fingerprint density at radius 3 is 2.75 bits per heavy atom. The van der Waals surface area contributed by atoms with Crippen molar-refractivity contribution in [3.63, 3.8) is 0 Å². The largest absolute Gasteiger partial charge is 0.322 e. The van der Waals surface area contributed by atoms with Gasteiger partial charge in [0.1, 0.15) is 11.7 Å². The van der Waals surface area contributed by atoms with Crippen LogP contribution in [-0.2, 0) is 11.3 Å². The molecule has 1 amide bonds. The third-order valence-corrected chi connectivity index (χ3v) is 3.29. The van der Waals surface area contributed by atoms with Crippen molar-refractivity contribution in [2.24, 2.45) is 0 Å². The third-order valence-electron chi connectivity index (χ3n) is 3.05. The van der Waals surface area contributed by atoms with Gasteiger partial charge in [0.2, 0.25) is 5.91 Å². The summed E-state index contributed by atoms with van der Waals surface area (Å²) < 4.78 is 15.3. The van der Waals surface area contributed by atoms with Gasteiger partial charge in [-0.3, -0.25) is 9.48 Å². The van der Waals surface area contributed by atoms with Crippen LogP contribution in [-0.4, -0.2) is 21.6 Å². The fourth-order valence-corrected chi connectivity index (χ4v) is 2.06. The minimum absolute atomic E-state index is 0.114. The second-order valence-corrected chi connectivity index (χ2v) is 4.74. The molecule has 0 fully saturated rings. The van der Waals surface area contributed by atoms with Crippen molar-refractivity contribution >= 4 is 23.2 Å². The van der Waals surface area contributed by atoms with Crippen LogP contribution in [0.4, 0.5) is 10.1 Å². The van der Waals surface area contributed by atoms with Crippen LogP contribution in [0.25, 0.3) is 0 Å². The van der Waals surface area contributed by atoms with E-state index in [-0.39, 0.29) is 17.6 Å². The molecule has 0 radical (unpaired) electrons. The van der Waals surface area contributed by atoms with Crippen molar-refractivity contribution in [2.75, 3.05) is 11.2 Å². The first-order chi connectivity index (χ1) is 9.52. The fourth-order valence-electron chi connectivity index (χ4n) is 1.99. The molecule has 0 bridgehead atoms. The molecule has 0 atom stereocenters. The molecule has 0 aliphatic heterocycles. The van der Waals surface area contributed by atoms with Gasteiger partial charge in [0, 0.05) is 5.56 Å². The predicted octanol–water partition coefficient (Wildman–Crippen LogP) is 2.86. The maximum Gasteiger partial charge on any atom is 0.239 e. The zero-order chi connectivity index (χ0) is 14.7. The fraction of sp³-hybridized carbons (Fsp3) is 0.286. The van der Waals surface area contributed by atoms with Crippen LogP contribution in [0.1, 0.15) is 17.0 Å².